The van der Waals surface area contributed by atoms with Gasteiger partial charge in [-0.1, -0.05) is 6.92 Å². The van der Waals surface area contributed by atoms with Gasteiger partial charge in [-0.2, -0.15) is 0 Å². The van der Waals surface area contributed by atoms with Crippen LogP contribution >= 0.6 is 0 Å². The maximum absolute atomic E-state index is 11.7. The van der Waals surface area contributed by atoms with E-state index in [1.807, 2.05) is 0 Å². The lowest BCUT2D eigenvalue weighted by molar-refractivity contribution is -0.143. The quantitative estimate of drug-likeness (QED) is 0.829. The third-order valence-electron chi connectivity index (χ3n) is 2.31. The number of carbonyl (C=O) groups excluding carboxylic acids is 1. The van der Waals surface area contributed by atoms with Gasteiger partial charge in [-0.3, -0.25) is 14.6 Å². The molecule has 0 fully saturated rings. The van der Waals surface area contributed by atoms with Gasteiger partial charge in [0.1, 0.15) is 0 Å². The highest BCUT2D eigenvalue weighted by Gasteiger charge is 2.19. The highest BCUT2D eigenvalue weighted by Crippen LogP contribution is 2.13. The van der Waals surface area contributed by atoms with Gasteiger partial charge in [0.15, 0.2) is 0 Å². The number of nitrogens with zero attached hydrogens (tertiary/aromatic N) is 2. The van der Waals surface area contributed by atoms with Gasteiger partial charge in [-0.15, -0.1) is 0 Å². The third kappa shape index (κ3) is 3.05. The summed E-state index contributed by atoms with van der Waals surface area (Å²) in [6, 6.07) is 3.47. The van der Waals surface area contributed by atoms with Gasteiger partial charge >= 0.3 is 5.97 Å². The van der Waals surface area contributed by atoms with E-state index in [0.29, 0.717) is 5.69 Å². The summed E-state index contributed by atoms with van der Waals surface area (Å²) in [6.45, 7) is 1.51. The van der Waals surface area contributed by atoms with E-state index in [4.69, 9.17) is 5.11 Å². The number of hydrogen-bond donors (Lipinski definition) is 1. The van der Waals surface area contributed by atoms with Crippen molar-refractivity contribution >= 4 is 17.6 Å². The molecule has 0 spiro atoms. The fourth-order valence-corrected chi connectivity index (χ4v) is 1.18. The molecule has 0 aromatic carbocycles. The summed E-state index contributed by atoms with van der Waals surface area (Å²) >= 11 is 0. The van der Waals surface area contributed by atoms with Crippen LogP contribution in [0.4, 0.5) is 5.69 Å². The molecule has 0 bridgehead atoms. The molecule has 1 unspecified atom stereocenters. The number of carbonyl (C=O) groups is 2. The summed E-state index contributed by atoms with van der Waals surface area (Å²) in [5.41, 5.74) is 0.657. The number of aliphatic carboxylic acids is 1. The summed E-state index contributed by atoms with van der Waals surface area (Å²) < 4.78 is 0. The predicted molar refractivity (Wildman–Crippen MR) is 59.1 cm³/mol. The molecule has 1 heterocycles. The Bertz CT molecular complexity index is 378. The maximum atomic E-state index is 11.7. The van der Waals surface area contributed by atoms with Crippen LogP contribution in [0.1, 0.15) is 13.3 Å². The van der Waals surface area contributed by atoms with Crippen molar-refractivity contribution in [1.82, 2.24) is 4.98 Å². The molecule has 1 aromatic rings. The van der Waals surface area contributed by atoms with Crippen LogP contribution in [0.15, 0.2) is 24.5 Å². The normalized spacial score (nSPS) is 11.9. The molecule has 1 aromatic heterocycles. The topological polar surface area (TPSA) is 70.5 Å². The second kappa shape index (κ2) is 5.25. The van der Waals surface area contributed by atoms with E-state index in [2.05, 4.69) is 4.98 Å². The largest absolute Gasteiger partial charge is 0.481 e. The number of aromatic nitrogens is 1. The fraction of sp³-hybridized carbons (Fsp3) is 0.364. The molecule has 1 atom stereocenters. The lowest BCUT2D eigenvalue weighted by atomic mass is 10.1. The van der Waals surface area contributed by atoms with Crippen LogP contribution in [0.2, 0.25) is 0 Å². The Kier molecular flexibility index (Phi) is 3.99. The molecular weight excluding hydrogens is 208 g/mol. The van der Waals surface area contributed by atoms with E-state index in [1.54, 1.807) is 31.6 Å². The zero-order chi connectivity index (χ0) is 12.1. The van der Waals surface area contributed by atoms with Gasteiger partial charge < -0.3 is 10.0 Å². The van der Waals surface area contributed by atoms with Crippen molar-refractivity contribution in [1.29, 1.82) is 0 Å². The minimum Gasteiger partial charge on any atom is -0.481 e. The summed E-state index contributed by atoms with van der Waals surface area (Å²) in [7, 11) is 1.61. The molecular formula is C11H14N2O3. The number of carboxylic acid groups (broad SMARTS) is 1. The first-order valence-corrected chi connectivity index (χ1v) is 4.91. The SMILES string of the molecule is CC(CC(=O)N(C)c1cccnc1)C(=O)O. The maximum Gasteiger partial charge on any atom is 0.306 e. The van der Waals surface area contributed by atoms with E-state index < -0.39 is 11.9 Å². The molecule has 0 aliphatic carbocycles. The number of hydrogen-bond acceptors (Lipinski definition) is 3. The molecule has 86 valence electrons. The van der Waals surface area contributed by atoms with Gasteiger partial charge in [0.05, 0.1) is 17.8 Å². The Morgan fingerprint density at radius 2 is 2.25 bits per heavy atom. The number of anilines is 1. The minimum atomic E-state index is -0.965. The Balaban J connectivity index is 2.65. The number of pyridine rings is 1. The molecule has 1 N–H and O–H groups in total. The molecule has 16 heavy (non-hydrogen) atoms. The van der Waals surface area contributed by atoms with Gasteiger partial charge in [0.2, 0.25) is 5.91 Å². The monoisotopic (exact) mass is 222 g/mol. The van der Waals surface area contributed by atoms with Crippen molar-refractivity contribution in [3.8, 4) is 0 Å². The first-order valence-electron chi connectivity index (χ1n) is 4.91. The molecule has 0 aliphatic rings. The highest BCUT2D eigenvalue weighted by molar-refractivity contribution is 5.94. The molecule has 0 saturated carbocycles. The Morgan fingerprint density at radius 3 is 2.75 bits per heavy atom. The first kappa shape index (κ1) is 12.2. The smallest absolute Gasteiger partial charge is 0.306 e. The van der Waals surface area contributed by atoms with Crippen LogP contribution in [0, 0.1) is 5.92 Å². The van der Waals surface area contributed by atoms with E-state index in [9.17, 15) is 9.59 Å². The van der Waals surface area contributed by atoms with Crippen molar-refractivity contribution in [2.45, 2.75) is 13.3 Å². The van der Waals surface area contributed by atoms with Gasteiger partial charge in [-0.05, 0) is 12.1 Å². The zero-order valence-electron chi connectivity index (χ0n) is 9.25. The minimum absolute atomic E-state index is 0.0132. The number of carboxylic acids is 1. The van der Waals surface area contributed by atoms with Crippen LogP contribution in [-0.2, 0) is 9.59 Å². The average molecular weight is 222 g/mol. The lowest BCUT2D eigenvalue weighted by Gasteiger charge is -2.17. The summed E-state index contributed by atoms with van der Waals surface area (Å²) in [6.07, 6.45) is 3.16. The predicted octanol–water partition coefficient (Wildman–Crippen LogP) is 1.16. The number of amides is 1. The Hall–Kier alpha value is -1.91. The fourth-order valence-electron chi connectivity index (χ4n) is 1.18. The standard InChI is InChI=1S/C11H14N2O3/c1-8(11(15)16)6-10(14)13(2)9-4-3-5-12-7-9/h3-5,7-8H,6H2,1-2H3,(H,15,16). The molecule has 0 radical (unpaired) electrons. The van der Waals surface area contributed by atoms with Crippen LogP contribution in [0.5, 0.6) is 0 Å². The van der Waals surface area contributed by atoms with Crippen LogP contribution in [0.3, 0.4) is 0 Å². The van der Waals surface area contributed by atoms with Crippen LogP contribution in [-0.4, -0.2) is 29.0 Å². The zero-order valence-corrected chi connectivity index (χ0v) is 9.25. The number of rotatable bonds is 4. The molecule has 0 saturated heterocycles. The summed E-state index contributed by atoms with van der Waals surface area (Å²) in [5, 5.41) is 8.70. The molecule has 1 amide bonds. The lowest BCUT2D eigenvalue weighted by Crippen LogP contribution is -2.29. The van der Waals surface area contributed by atoms with Crippen LogP contribution in [0.25, 0.3) is 0 Å². The Morgan fingerprint density at radius 1 is 1.56 bits per heavy atom. The van der Waals surface area contributed by atoms with Crippen LogP contribution < -0.4 is 4.90 Å². The van der Waals surface area contributed by atoms with Gasteiger partial charge in [0, 0.05) is 19.7 Å². The van der Waals surface area contributed by atoms with Gasteiger partial charge in [0.25, 0.3) is 0 Å². The van der Waals surface area contributed by atoms with E-state index in [0.717, 1.165) is 0 Å². The van der Waals surface area contributed by atoms with E-state index in [-0.39, 0.29) is 12.3 Å². The second-order valence-electron chi connectivity index (χ2n) is 3.61. The average Bonchev–Trinajstić information content (AvgIpc) is 2.28. The van der Waals surface area contributed by atoms with Crippen molar-refractivity contribution in [3.05, 3.63) is 24.5 Å². The van der Waals surface area contributed by atoms with Crippen molar-refractivity contribution in [3.63, 3.8) is 0 Å². The molecule has 5 nitrogen and oxygen atoms in total. The van der Waals surface area contributed by atoms with E-state index in [1.165, 1.54) is 11.8 Å². The molecule has 5 heteroatoms. The van der Waals surface area contributed by atoms with Crippen molar-refractivity contribution in [2.75, 3.05) is 11.9 Å². The highest BCUT2D eigenvalue weighted by atomic mass is 16.4. The third-order valence-corrected chi connectivity index (χ3v) is 2.31. The van der Waals surface area contributed by atoms with Crippen molar-refractivity contribution < 1.29 is 14.7 Å². The van der Waals surface area contributed by atoms with E-state index >= 15 is 0 Å². The second-order valence-corrected chi connectivity index (χ2v) is 3.61. The Labute approximate surface area is 93.7 Å². The van der Waals surface area contributed by atoms with Crippen molar-refractivity contribution in [2.24, 2.45) is 5.92 Å². The summed E-state index contributed by atoms with van der Waals surface area (Å²) in [4.78, 5) is 27.6. The molecule has 1 rings (SSSR count). The summed E-state index contributed by atoms with van der Waals surface area (Å²) in [5.74, 6) is -1.87. The first-order chi connectivity index (χ1) is 7.52. The molecule has 0 aliphatic heterocycles. The van der Waals surface area contributed by atoms with Gasteiger partial charge in [-0.25, -0.2) is 0 Å².